The minimum absolute atomic E-state index is 0.224. The van der Waals surface area contributed by atoms with Gasteiger partial charge in [-0.1, -0.05) is 12.1 Å². The van der Waals surface area contributed by atoms with Crippen molar-refractivity contribution in [3.63, 3.8) is 0 Å². The highest BCUT2D eigenvalue weighted by molar-refractivity contribution is 7.89. The molecule has 2 saturated heterocycles. The van der Waals surface area contributed by atoms with Gasteiger partial charge < -0.3 is 14.4 Å². The van der Waals surface area contributed by atoms with Crippen LogP contribution in [0.4, 0.5) is 0 Å². The summed E-state index contributed by atoms with van der Waals surface area (Å²) < 4.78 is 39.0. The summed E-state index contributed by atoms with van der Waals surface area (Å²) >= 11 is 0. The lowest BCUT2D eigenvalue weighted by Crippen LogP contribution is -2.45. The number of benzene rings is 1. The van der Waals surface area contributed by atoms with Crippen LogP contribution in [0.3, 0.4) is 0 Å². The van der Waals surface area contributed by atoms with Gasteiger partial charge in [-0.25, -0.2) is 13.1 Å². The molecule has 2 aliphatic heterocycles. The summed E-state index contributed by atoms with van der Waals surface area (Å²) in [4.78, 5) is 2.78. The van der Waals surface area contributed by atoms with E-state index < -0.39 is 10.0 Å². The first kappa shape index (κ1) is 19.6. The van der Waals surface area contributed by atoms with Gasteiger partial charge in [0.05, 0.1) is 6.61 Å². The number of nitrogens with one attached hydrogen (secondary N) is 1. The summed E-state index contributed by atoms with van der Waals surface area (Å²) in [6.45, 7) is 6.61. The van der Waals surface area contributed by atoms with E-state index in [-0.39, 0.29) is 4.90 Å². The second-order valence-electron chi connectivity index (χ2n) is 7.05. The molecule has 26 heavy (non-hydrogen) atoms. The molecule has 1 aromatic carbocycles. The maximum atomic E-state index is 12.7. The second-order valence-corrected chi connectivity index (χ2v) is 8.79. The Kier molecular flexibility index (Phi) is 6.92. The fourth-order valence-electron chi connectivity index (χ4n) is 3.82. The van der Waals surface area contributed by atoms with Crippen LogP contribution in [0.2, 0.25) is 0 Å². The zero-order valence-electron chi connectivity index (χ0n) is 15.5. The third kappa shape index (κ3) is 4.97. The van der Waals surface area contributed by atoms with Crippen LogP contribution >= 0.6 is 0 Å². The number of ether oxygens (including phenoxy) is 2. The molecule has 2 aliphatic rings. The minimum Gasteiger partial charge on any atom is -0.492 e. The first-order valence-corrected chi connectivity index (χ1v) is 11.1. The third-order valence-electron chi connectivity index (χ3n) is 5.36. The first-order valence-electron chi connectivity index (χ1n) is 9.63. The summed E-state index contributed by atoms with van der Waals surface area (Å²) in [7, 11) is -3.55. The number of hydrogen-bond donors (Lipinski definition) is 1. The van der Waals surface area contributed by atoms with E-state index in [4.69, 9.17) is 9.47 Å². The molecule has 1 aromatic rings. The van der Waals surface area contributed by atoms with Crippen molar-refractivity contribution in [3.8, 4) is 5.75 Å². The number of sulfonamides is 1. The van der Waals surface area contributed by atoms with Crippen LogP contribution in [0, 0.1) is 5.92 Å². The zero-order chi connectivity index (χ0) is 18.4. The van der Waals surface area contributed by atoms with Crippen molar-refractivity contribution in [2.75, 3.05) is 39.5 Å². The Morgan fingerprint density at radius 1 is 1.15 bits per heavy atom. The molecule has 3 rings (SSSR count). The normalized spacial score (nSPS) is 21.0. The predicted octanol–water partition coefficient (Wildman–Crippen LogP) is 2.25. The Hall–Kier alpha value is -1.15. The number of rotatable bonds is 7. The van der Waals surface area contributed by atoms with Crippen LogP contribution < -0.4 is 9.46 Å². The van der Waals surface area contributed by atoms with Crippen LogP contribution in [0.15, 0.2) is 29.2 Å². The highest BCUT2D eigenvalue weighted by atomic mass is 32.2. The molecule has 0 aromatic heterocycles. The Morgan fingerprint density at radius 2 is 1.85 bits per heavy atom. The second kappa shape index (κ2) is 9.17. The largest absolute Gasteiger partial charge is 0.492 e. The van der Waals surface area contributed by atoms with Crippen molar-refractivity contribution in [1.29, 1.82) is 0 Å². The summed E-state index contributed by atoms with van der Waals surface area (Å²) in [6.07, 6.45) is 4.30. The van der Waals surface area contributed by atoms with E-state index in [1.807, 2.05) is 6.92 Å². The van der Waals surface area contributed by atoms with Gasteiger partial charge in [-0.3, -0.25) is 0 Å². The lowest BCUT2D eigenvalue weighted by molar-refractivity contribution is 0.0214. The molecule has 146 valence electrons. The van der Waals surface area contributed by atoms with Gasteiger partial charge in [0.2, 0.25) is 10.0 Å². The lowest BCUT2D eigenvalue weighted by Gasteiger charge is -2.39. The van der Waals surface area contributed by atoms with Crippen molar-refractivity contribution in [2.45, 2.75) is 43.5 Å². The van der Waals surface area contributed by atoms with Gasteiger partial charge in [0.1, 0.15) is 10.6 Å². The zero-order valence-corrected chi connectivity index (χ0v) is 16.3. The van der Waals surface area contributed by atoms with E-state index in [1.165, 1.54) is 0 Å². The molecule has 0 bridgehead atoms. The van der Waals surface area contributed by atoms with Gasteiger partial charge in [-0.2, -0.15) is 0 Å². The number of para-hydroxylation sites is 1. The number of hydrogen-bond acceptors (Lipinski definition) is 5. The molecule has 2 fully saturated rings. The van der Waals surface area contributed by atoms with Crippen molar-refractivity contribution >= 4 is 10.0 Å². The number of piperidine rings is 1. The molecule has 2 heterocycles. The monoisotopic (exact) mass is 382 g/mol. The van der Waals surface area contributed by atoms with Crippen molar-refractivity contribution in [2.24, 2.45) is 5.92 Å². The Balaban J connectivity index is 1.51. The molecule has 0 unspecified atom stereocenters. The maximum Gasteiger partial charge on any atom is 0.244 e. The SMILES string of the molecule is CCOc1ccccc1S(=O)(=O)NCC1CCN(C2CCOCC2)CC1. The van der Waals surface area contributed by atoms with Crippen LogP contribution in [-0.2, 0) is 14.8 Å². The van der Waals surface area contributed by atoms with Gasteiger partial charge in [0, 0.05) is 25.8 Å². The predicted molar refractivity (Wildman–Crippen MR) is 101 cm³/mol. The van der Waals surface area contributed by atoms with E-state index in [2.05, 4.69) is 9.62 Å². The molecule has 0 saturated carbocycles. The van der Waals surface area contributed by atoms with Gasteiger partial charge in [-0.05, 0) is 63.7 Å². The third-order valence-corrected chi connectivity index (χ3v) is 6.82. The smallest absolute Gasteiger partial charge is 0.244 e. The standard InChI is InChI=1S/C19H30N2O4S/c1-2-25-18-5-3-4-6-19(18)26(22,23)20-15-16-7-11-21(12-8-16)17-9-13-24-14-10-17/h3-6,16-17,20H,2,7-15H2,1H3. The molecule has 0 spiro atoms. The number of likely N-dealkylation sites (tertiary alicyclic amines) is 1. The summed E-state index contributed by atoms with van der Waals surface area (Å²) in [5.41, 5.74) is 0. The highest BCUT2D eigenvalue weighted by Gasteiger charge is 2.27. The quantitative estimate of drug-likeness (QED) is 0.783. The molecule has 1 N–H and O–H groups in total. The molecule has 0 atom stereocenters. The fraction of sp³-hybridized carbons (Fsp3) is 0.684. The Bertz CT molecular complexity index is 666. The van der Waals surface area contributed by atoms with E-state index in [1.54, 1.807) is 24.3 Å². The van der Waals surface area contributed by atoms with Crippen molar-refractivity contribution in [1.82, 2.24) is 9.62 Å². The maximum absolute atomic E-state index is 12.7. The molecule has 7 heteroatoms. The minimum atomic E-state index is -3.55. The van der Waals surface area contributed by atoms with Gasteiger partial charge in [0.25, 0.3) is 0 Å². The Morgan fingerprint density at radius 3 is 2.54 bits per heavy atom. The topological polar surface area (TPSA) is 67.9 Å². The fourth-order valence-corrected chi connectivity index (χ4v) is 5.08. The average Bonchev–Trinajstić information content (AvgIpc) is 2.68. The first-order chi connectivity index (χ1) is 12.6. The van der Waals surface area contributed by atoms with Gasteiger partial charge >= 0.3 is 0 Å². The Labute approximate surface area is 156 Å². The summed E-state index contributed by atoms with van der Waals surface area (Å²) in [5, 5.41) is 0. The molecule has 0 aliphatic carbocycles. The molecule has 0 amide bonds. The summed E-state index contributed by atoms with van der Waals surface area (Å²) in [6, 6.07) is 7.45. The van der Waals surface area contributed by atoms with E-state index >= 15 is 0 Å². The van der Waals surface area contributed by atoms with E-state index in [0.29, 0.717) is 30.9 Å². The lowest BCUT2D eigenvalue weighted by atomic mass is 9.94. The average molecular weight is 383 g/mol. The van der Waals surface area contributed by atoms with Crippen LogP contribution in [0.5, 0.6) is 5.75 Å². The van der Waals surface area contributed by atoms with E-state index in [9.17, 15) is 8.42 Å². The van der Waals surface area contributed by atoms with Gasteiger partial charge in [-0.15, -0.1) is 0 Å². The molecular weight excluding hydrogens is 352 g/mol. The van der Waals surface area contributed by atoms with Crippen LogP contribution in [0.25, 0.3) is 0 Å². The van der Waals surface area contributed by atoms with Crippen LogP contribution in [0.1, 0.15) is 32.6 Å². The molecule has 0 radical (unpaired) electrons. The van der Waals surface area contributed by atoms with Crippen molar-refractivity contribution in [3.05, 3.63) is 24.3 Å². The van der Waals surface area contributed by atoms with Crippen LogP contribution in [-0.4, -0.2) is 58.8 Å². The van der Waals surface area contributed by atoms with Crippen molar-refractivity contribution < 1.29 is 17.9 Å². The highest BCUT2D eigenvalue weighted by Crippen LogP contribution is 2.25. The van der Waals surface area contributed by atoms with E-state index in [0.717, 1.165) is 52.0 Å². The molecular formula is C19H30N2O4S. The number of nitrogens with zero attached hydrogens (tertiary/aromatic N) is 1. The molecule has 6 nitrogen and oxygen atoms in total. The van der Waals surface area contributed by atoms with Gasteiger partial charge in [0.15, 0.2) is 0 Å². The summed E-state index contributed by atoms with van der Waals surface area (Å²) in [5.74, 6) is 0.803.